The Hall–Kier alpha value is -1.58. The van der Waals surface area contributed by atoms with Crippen LogP contribution in [0.1, 0.15) is 12.8 Å². The van der Waals surface area contributed by atoms with E-state index < -0.39 is 4.92 Å². The average molecular weight is 434 g/mol. The van der Waals surface area contributed by atoms with Crippen LogP contribution in [-0.2, 0) is 0 Å². The summed E-state index contributed by atoms with van der Waals surface area (Å²) in [6.45, 7) is 1.11. The molecular formula is C14H14BrClN4O3S. The molecule has 0 fully saturated rings. The summed E-state index contributed by atoms with van der Waals surface area (Å²) in [6.07, 6.45) is 3.17. The van der Waals surface area contributed by atoms with Crippen molar-refractivity contribution in [3.63, 3.8) is 0 Å². The molecule has 1 aromatic heterocycles. The summed E-state index contributed by atoms with van der Waals surface area (Å²) in [6, 6.07) is 4.32. The number of anilines is 1. The van der Waals surface area contributed by atoms with Crippen molar-refractivity contribution < 1.29 is 9.66 Å². The van der Waals surface area contributed by atoms with Crippen molar-refractivity contribution in [3.05, 3.63) is 44.3 Å². The van der Waals surface area contributed by atoms with Crippen LogP contribution in [0.15, 0.2) is 33.8 Å². The fraction of sp³-hybridized carbons (Fsp3) is 0.286. The molecule has 0 saturated carbocycles. The maximum Gasteiger partial charge on any atom is 0.273 e. The third-order valence-electron chi connectivity index (χ3n) is 2.99. The van der Waals surface area contributed by atoms with Gasteiger partial charge in [-0.1, -0.05) is 0 Å². The van der Waals surface area contributed by atoms with Crippen LogP contribution in [0.2, 0.25) is 5.28 Å². The second-order valence-corrected chi connectivity index (χ2v) is 6.40. The van der Waals surface area contributed by atoms with E-state index in [0.29, 0.717) is 29.6 Å². The SMILES string of the molecule is O=[N+]([O-])c1ccc(S)c(OCCCCNc2nc(Cl)ncc2Br)c1. The van der Waals surface area contributed by atoms with E-state index in [9.17, 15) is 10.1 Å². The van der Waals surface area contributed by atoms with Gasteiger partial charge in [0, 0.05) is 23.7 Å². The number of unbranched alkanes of at least 4 members (excludes halogenated alkanes) is 1. The molecule has 0 spiro atoms. The highest BCUT2D eigenvalue weighted by Crippen LogP contribution is 2.27. The molecule has 1 aromatic carbocycles. The minimum absolute atomic E-state index is 0.0186. The van der Waals surface area contributed by atoms with Gasteiger partial charge in [-0.05, 0) is 46.4 Å². The summed E-state index contributed by atoms with van der Waals surface area (Å²) in [7, 11) is 0. The van der Waals surface area contributed by atoms with E-state index in [0.717, 1.165) is 17.3 Å². The number of nitro groups is 1. The Morgan fingerprint density at radius 2 is 2.21 bits per heavy atom. The van der Waals surface area contributed by atoms with E-state index in [4.69, 9.17) is 16.3 Å². The molecular weight excluding hydrogens is 420 g/mol. The normalized spacial score (nSPS) is 10.5. The number of nitrogens with one attached hydrogen (secondary N) is 1. The van der Waals surface area contributed by atoms with Gasteiger partial charge in [-0.3, -0.25) is 10.1 Å². The zero-order valence-electron chi connectivity index (χ0n) is 12.4. The number of nitrogens with zero attached hydrogens (tertiary/aromatic N) is 3. The number of hydrogen-bond donors (Lipinski definition) is 2. The Labute approximate surface area is 157 Å². The van der Waals surface area contributed by atoms with E-state index in [1.807, 2.05) is 0 Å². The monoisotopic (exact) mass is 432 g/mol. The average Bonchev–Trinajstić information content (AvgIpc) is 2.55. The standard InChI is InChI=1S/C14H14BrClN4O3S/c15-10-8-18-14(16)19-13(10)17-5-1-2-6-23-11-7-9(20(21)22)3-4-12(11)24/h3-4,7-8,24H,1-2,5-6H2,(H,17,18,19). The maximum absolute atomic E-state index is 10.8. The lowest BCUT2D eigenvalue weighted by Crippen LogP contribution is -2.07. The third kappa shape index (κ3) is 5.50. The van der Waals surface area contributed by atoms with Gasteiger partial charge in [0.1, 0.15) is 11.6 Å². The highest BCUT2D eigenvalue weighted by molar-refractivity contribution is 9.10. The number of aromatic nitrogens is 2. The molecule has 1 heterocycles. The Balaban J connectivity index is 1.74. The van der Waals surface area contributed by atoms with Crippen LogP contribution in [0.5, 0.6) is 5.75 Å². The molecule has 0 saturated heterocycles. The summed E-state index contributed by atoms with van der Waals surface area (Å²) >= 11 is 13.3. The van der Waals surface area contributed by atoms with Gasteiger partial charge < -0.3 is 10.1 Å². The molecule has 128 valence electrons. The van der Waals surface area contributed by atoms with Crippen molar-refractivity contribution in [2.75, 3.05) is 18.5 Å². The number of halogens is 2. The van der Waals surface area contributed by atoms with Crippen molar-refractivity contribution in [3.8, 4) is 5.75 Å². The molecule has 0 amide bonds. The third-order valence-corrected chi connectivity index (χ3v) is 4.12. The van der Waals surface area contributed by atoms with Crippen LogP contribution in [-0.4, -0.2) is 28.0 Å². The zero-order valence-corrected chi connectivity index (χ0v) is 15.6. The zero-order chi connectivity index (χ0) is 17.5. The van der Waals surface area contributed by atoms with Crippen molar-refractivity contribution in [1.82, 2.24) is 9.97 Å². The largest absolute Gasteiger partial charge is 0.492 e. The number of non-ortho nitro benzene ring substituents is 1. The Morgan fingerprint density at radius 3 is 2.96 bits per heavy atom. The number of rotatable bonds is 8. The number of nitro benzene ring substituents is 1. The highest BCUT2D eigenvalue weighted by Gasteiger charge is 2.10. The number of hydrogen-bond acceptors (Lipinski definition) is 7. The van der Waals surface area contributed by atoms with E-state index in [1.165, 1.54) is 12.1 Å². The quantitative estimate of drug-likeness (QED) is 0.211. The van der Waals surface area contributed by atoms with Crippen LogP contribution in [0.4, 0.5) is 11.5 Å². The van der Waals surface area contributed by atoms with Crippen molar-refractivity contribution >= 4 is 51.7 Å². The van der Waals surface area contributed by atoms with Gasteiger partial charge in [0.05, 0.1) is 22.1 Å². The van der Waals surface area contributed by atoms with Gasteiger partial charge in [0.15, 0.2) is 0 Å². The van der Waals surface area contributed by atoms with Crippen LogP contribution < -0.4 is 10.1 Å². The predicted octanol–water partition coefficient (Wildman–Crippen LogP) is 4.36. The van der Waals surface area contributed by atoms with E-state index in [1.54, 1.807) is 12.3 Å². The second-order valence-electron chi connectivity index (χ2n) is 4.73. The van der Waals surface area contributed by atoms with Gasteiger partial charge in [-0.2, -0.15) is 4.98 Å². The Kier molecular flexibility index (Phi) is 7.07. The molecule has 0 bridgehead atoms. The first-order chi connectivity index (χ1) is 11.5. The summed E-state index contributed by atoms with van der Waals surface area (Å²) in [5.41, 5.74) is -0.0186. The molecule has 7 nitrogen and oxygen atoms in total. The fourth-order valence-electron chi connectivity index (χ4n) is 1.82. The van der Waals surface area contributed by atoms with Gasteiger partial charge in [-0.15, -0.1) is 12.6 Å². The van der Waals surface area contributed by atoms with E-state index >= 15 is 0 Å². The lowest BCUT2D eigenvalue weighted by atomic mass is 10.3. The molecule has 0 radical (unpaired) electrons. The highest BCUT2D eigenvalue weighted by atomic mass is 79.9. The van der Waals surface area contributed by atoms with Crippen LogP contribution >= 0.6 is 40.2 Å². The summed E-state index contributed by atoms with van der Waals surface area (Å²) in [5.74, 6) is 1.04. The van der Waals surface area contributed by atoms with E-state index in [2.05, 4.69) is 43.8 Å². The predicted molar refractivity (Wildman–Crippen MR) is 98.3 cm³/mol. The van der Waals surface area contributed by atoms with Gasteiger partial charge in [0.2, 0.25) is 5.28 Å². The molecule has 0 aliphatic heterocycles. The Morgan fingerprint density at radius 1 is 1.42 bits per heavy atom. The molecule has 2 rings (SSSR count). The topological polar surface area (TPSA) is 90.2 Å². The lowest BCUT2D eigenvalue weighted by Gasteiger charge is -2.09. The van der Waals surface area contributed by atoms with Gasteiger partial charge in [0.25, 0.3) is 5.69 Å². The maximum atomic E-state index is 10.8. The van der Waals surface area contributed by atoms with Crippen LogP contribution in [0.3, 0.4) is 0 Å². The van der Waals surface area contributed by atoms with Crippen molar-refractivity contribution in [2.45, 2.75) is 17.7 Å². The number of ether oxygens (including phenoxy) is 1. The van der Waals surface area contributed by atoms with Gasteiger partial charge in [-0.25, -0.2) is 4.98 Å². The molecule has 1 N–H and O–H groups in total. The smallest absolute Gasteiger partial charge is 0.273 e. The van der Waals surface area contributed by atoms with E-state index in [-0.39, 0.29) is 11.0 Å². The number of benzene rings is 1. The minimum atomic E-state index is -0.464. The van der Waals surface area contributed by atoms with Crippen molar-refractivity contribution in [2.24, 2.45) is 0 Å². The first-order valence-electron chi connectivity index (χ1n) is 6.99. The Bertz CT molecular complexity index is 735. The van der Waals surface area contributed by atoms with Crippen LogP contribution in [0, 0.1) is 10.1 Å². The molecule has 0 aliphatic carbocycles. The molecule has 0 atom stereocenters. The summed E-state index contributed by atoms with van der Waals surface area (Å²) < 4.78 is 6.29. The summed E-state index contributed by atoms with van der Waals surface area (Å²) in [5, 5.41) is 14.1. The molecule has 0 aliphatic rings. The van der Waals surface area contributed by atoms with Gasteiger partial charge >= 0.3 is 0 Å². The van der Waals surface area contributed by atoms with Crippen LogP contribution in [0.25, 0.3) is 0 Å². The fourth-order valence-corrected chi connectivity index (χ4v) is 2.49. The molecule has 10 heteroatoms. The van der Waals surface area contributed by atoms with Crippen molar-refractivity contribution in [1.29, 1.82) is 0 Å². The number of thiol groups is 1. The molecule has 2 aromatic rings. The first-order valence-corrected chi connectivity index (χ1v) is 8.61. The second kappa shape index (κ2) is 9.05. The lowest BCUT2D eigenvalue weighted by molar-refractivity contribution is -0.385. The minimum Gasteiger partial charge on any atom is -0.492 e. The molecule has 0 unspecified atom stereocenters. The summed E-state index contributed by atoms with van der Waals surface area (Å²) in [4.78, 5) is 18.8. The molecule has 24 heavy (non-hydrogen) atoms. The first kappa shape index (κ1) is 18.8.